The zero-order valence-corrected chi connectivity index (χ0v) is 13.0. The van der Waals surface area contributed by atoms with Gasteiger partial charge in [-0.05, 0) is 33.1 Å². The van der Waals surface area contributed by atoms with Crippen molar-refractivity contribution in [2.75, 3.05) is 0 Å². The van der Waals surface area contributed by atoms with Crippen LogP contribution in [0, 0.1) is 12.8 Å². The van der Waals surface area contributed by atoms with Crippen molar-refractivity contribution in [3.8, 4) is 17.0 Å². The third-order valence-corrected chi connectivity index (χ3v) is 3.40. The van der Waals surface area contributed by atoms with Crippen molar-refractivity contribution in [3.63, 3.8) is 0 Å². The van der Waals surface area contributed by atoms with Crippen molar-refractivity contribution in [1.29, 1.82) is 0 Å². The van der Waals surface area contributed by atoms with Gasteiger partial charge in [0.25, 0.3) is 0 Å². The van der Waals surface area contributed by atoms with Crippen LogP contribution in [0.4, 0.5) is 0 Å². The number of hydrogen-bond acceptors (Lipinski definition) is 2. The minimum absolute atomic E-state index is 0.244. The van der Waals surface area contributed by atoms with Crippen LogP contribution in [0.3, 0.4) is 0 Å². The van der Waals surface area contributed by atoms with E-state index in [0.717, 1.165) is 17.7 Å². The molecule has 0 amide bonds. The number of aryl methyl sites for hydroxylation is 1. The lowest BCUT2D eigenvalue weighted by molar-refractivity contribution is 0.441. The summed E-state index contributed by atoms with van der Waals surface area (Å²) in [6, 6.07) is 8.37. The van der Waals surface area contributed by atoms with Crippen LogP contribution >= 0.6 is 0 Å². The summed E-state index contributed by atoms with van der Waals surface area (Å²) in [5.74, 6) is 0.817. The van der Waals surface area contributed by atoms with Gasteiger partial charge in [-0.1, -0.05) is 43.7 Å². The van der Waals surface area contributed by atoms with Gasteiger partial charge in [-0.2, -0.15) is 5.10 Å². The van der Waals surface area contributed by atoms with E-state index in [4.69, 9.17) is 0 Å². The van der Waals surface area contributed by atoms with Gasteiger partial charge in [0.1, 0.15) is 5.69 Å². The minimum atomic E-state index is 0.244. The number of aromatic hydroxyl groups is 1. The largest absolute Gasteiger partial charge is 0.504 e. The molecule has 3 nitrogen and oxygen atoms in total. The first-order valence-corrected chi connectivity index (χ1v) is 7.27. The lowest BCUT2D eigenvalue weighted by Crippen LogP contribution is -2.09. The average molecular weight is 272 g/mol. The molecular weight excluding hydrogens is 248 g/mol. The van der Waals surface area contributed by atoms with E-state index in [1.807, 2.05) is 28.9 Å². The first-order valence-electron chi connectivity index (χ1n) is 7.27. The maximum absolute atomic E-state index is 10.5. The van der Waals surface area contributed by atoms with Crippen molar-refractivity contribution >= 4 is 0 Å². The fourth-order valence-corrected chi connectivity index (χ4v) is 2.37. The van der Waals surface area contributed by atoms with Crippen LogP contribution in [-0.4, -0.2) is 14.9 Å². The smallest absolute Gasteiger partial charge is 0.165 e. The Morgan fingerprint density at radius 2 is 1.70 bits per heavy atom. The number of rotatable bonds is 4. The normalized spacial score (nSPS) is 11.6. The standard InChI is InChI=1S/C17H24N2O/c1-11(2)10-15-17(20)16(18-19(15)12(3)4)14-8-6-13(5)7-9-14/h6-9,11-12,20H,10H2,1-5H3. The molecule has 0 saturated carbocycles. The molecule has 1 heterocycles. The fourth-order valence-electron chi connectivity index (χ4n) is 2.37. The summed E-state index contributed by atoms with van der Waals surface area (Å²) in [6.07, 6.45) is 0.836. The zero-order chi connectivity index (χ0) is 14.9. The van der Waals surface area contributed by atoms with E-state index in [9.17, 15) is 5.11 Å². The lowest BCUT2D eigenvalue weighted by Gasteiger charge is -2.12. The van der Waals surface area contributed by atoms with Gasteiger partial charge in [-0.15, -0.1) is 0 Å². The van der Waals surface area contributed by atoms with Gasteiger partial charge in [0.15, 0.2) is 5.75 Å². The topological polar surface area (TPSA) is 38.0 Å². The average Bonchev–Trinajstić information content (AvgIpc) is 2.68. The monoisotopic (exact) mass is 272 g/mol. The van der Waals surface area contributed by atoms with Gasteiger partial charge in [-0.25, -0.2) is 0 Å². The fraction of sp³-hybridized carbons (Fsp3) is 0.471. The quantitative estimate of drug-likeness (QED) is 0.899. The van der Waals surface area contributed by atoms with E-state index in [1.165, 1.54) is 5.56 Å². The second kappa shape index (κ2) is 5.70. The molecule has 2 rings (SSSR count). The molecule has 0 bridgehead atoms. The molecule has 0 unspecified atom stereocenters. The summed E-state index contributed by atoms with van der Waals surface area (Å²) in [5.41, 5.74) is 3.80. The second-order valence-corrected chi connectivity index (χ2v) is 6.15. The summed E-state index contributed by atoms with van der Waals surface area (Å²) >= 11 is 0. The molecule has 1 aromatic heterocycles. The first-order chi connectivity index (χ1) is 9.40. The van der Waals surface area contributed by atoms with Crippen LogP contribution in [0.15, 0.2) is 24.3 Å². The Morgan fingerprint density at radius 3 is 2.20 bits per heavy atom. The van der Waals surface area contributed by atoms with Crippen LogP contribution in [0.1, 0.15) is 45.0 Å². The third kappa shape index (κ3) is 2.87. The number of aromatic nitrogens is 2. The van der Waals surface area contributed by atoms with Crippen LogP contribution in [-0.2, 0) is 6.42 Å². The Hall–Kier alpha value is -1.77. The number of benzene rings is 1. The summed E-state index contributed by atoms with van der Waals surface area (Å²) in [7, 11) is 0. The van der Waals surface area contributed by atoms with Crippen molar-refractivity contribution in [2.45, 2.75) is 47.1 Å². The highest BCUT2D eigenvalue weighted by molar-refractivity contribution is 5.67. The Morgan fingerprint density at radius 1 is 1.10 bits per heavy atom. The Balaban J connectivity index is 2.52. The molecule has 3 heteroatoms. The van der Waals surface area contributed by atoms with E-state index in [1.54, 1.807) is 0 Å². The molecule has 108 valence electrons. The number of nitrogens with zero attached hydrogens (tertiary/aromatic N) is 2. The summed E-state index contributed by atoms with van der Waals surface area (Å²) in [5, 5.41) is 15.2. The molecule has 0 atom stereocenters. The van der Waals surface area contributed by atoms with E-state index in [2.05, 4.69) is 39.7 Å². The van der Waals surface area contributed by atoms with Gasteiger partial charge in [0.2, 0.25) is 0 Å². The zero-order valence-electron chi connectivity index (χ0n) is 13.0. The molecule has 0 aliphatic carbocycles. The van der Waals surface area contributed by atoms with Gasteiger partial charge in [0, 0.05) is 11.6 Å². The maximum Gasteiger partial charge on any atom is 0.165 e. The van der Waals surface area contributed by atoms with Crippen LogP contribution in [0.5, 0.6) is 5.75 Å². The van der Waals surface area contributed by atoms with E-state index < -0.39 is 0 Å². The molecule has 0 saturated heterocycles. The molecule has 0 fully saturated rings. The van der Waals surface area contributed by atoms with E-state index in [-0.39, 0.29) is 6.04 Å². The van der Waals surface area contributed by atoms with Gasteiger partial charge >= 0.3 is 0 Å². The third-order valence-electron chi connectivity index (χ3n) is 3.40. The predicted molar refractivity (Wildman–Crippen MR) is 83.0 cm³/mol. The SMILES string of the molecule is Cc1ccc(-c2nn(C(C)C)c(CC(C)C)c2O)cc1. The molecule has 20 heavy (non-hydrogen) atoms. The molecular formula is C17H24N2O. The molecule has 0 spiro atoms. The van der Waals surface area contributed by atoms with E-state index >= 15 is 0 Å². The predicted octanol–water partition coefficient (Wildman–Crippen LogP) is 4.34. The number of hydrogen-bond donors (Lipinski definition) is 1. The highest BCUT2D eigenvalue weighted by Crippen LogP contribution is 2.34. The lowest BCUT2D eigenvalue weighted by atomic mass is 10.0. The molecule has 0 radical (unpaired) electrons. The van der Waals surface area contributed by atoms with Crippen molar-refractivity contribution < 1.29 is 5.11 Å². The van der Waals surface area contributed by atoms with Gasteiger partial charge in [0.05, 0.1) is 5.69 Å². The van der Waals surface area contributed by atoms with Gasteiger partial charge < -0.3 is 5.11 Å². The summed E-state index contributed by atoms with van der Waals surface area (Å²) < 4.78 is 1.95. The maximum atomic E-state index is 10.5. The van der Waals surface area contributed by atoms with Crippen LogP contribution < -0.4 is 0 Å². The Kier molecular flexibility index (Phi) is 4.17. The first kappa shape index (κ1) is 14.6. The van der Waals surface area contributed by atoms with Crippen molar-refractivity contribution in [3.05, 3.63) is 35.5 Å². The van der Waals surface area contributed by atoms with Crippen molar-refractivity contribution in [1.82, 2.24) is 9.78 Å². The molecule has 2 aromatic rings. The highest BCUT2D eigenvalue weighted by Gasteiger charge is 2.20. The summed E-state index contributed by atoms with van der Waals surface area (Å²) in [6.45, 7) is 10.6. The molecule has 1 aromatic carbocycles. The molecule has 0 aliphatic rings. The molecule has 1 N–H and O–H groups in total. The minimum Gasteiger partial charge on any atom is -0.504 e. The van der Waals surface area contributed by atoms with Crippen LogP contribution in [0.25, 0.3) is 11.3 Å². The Bertz CT molecular complexity index is 580. The van der Waals surface area contributed by atoms with Crippen LogP contribution in [0.2, 0.25) is 0 Å². The summed E-state index contributed by atoms with van der Waals surface area (Å²) in [4.78, 5) is 0. The van der Waals surface area contributed by atoms with Gasteiger partial charge in [-0.3, -0.25) is 4.68 Å². The van der Waals surface area contributed by atoms with E-state index in [0.29, 0.717) is 17.4 Å². The highest BCUT2D eigenvalue weighted by atomic mass is 16.3. The second-order valence-electron chi connectivity index (χ2n) is 6.15. The molecule has 0 aliphatic heterocycles. The van der Waals surface area contributed by atoms with Crippen molar-refractivity contribution in [2.24, 2.45) is 5.92 Å². The Labute approximate surface area is 121 Å².